The van der Waals surface area contributed by atoms with E-state index in [-0.39, 0.29) is 5.91 Å². The SMILES string of the molecule is C=CC(=O)N1CCCn2c(cc3ccccc32)C1. The lowest BCUT2D eigenvalue weighted by Crippen LogP contribution is -2.28. The Hall–Kier alpha value is -2.03. The molecular weight excluding hydrogens is 224 g/mol. The van der Waals surface area contributed by atoms with Gasteiger partial charge in [-0.2, -0.15) is 0 Å². The fraction of sp³-hybridized carbons (Fsp3) is 0.267. The number of benzene rings is 1. The number of aryl methyl sites for hydroxylation is 1. The second-order valence-electron chi connectivity index (χ2n) is 4.66. The van der Waals surface area contributed by atoms with Gasteiger partial charge in [-0.25, -0.2) is 0 Å². The summed E-state index contributed by atoms with van der Waals surface area (Å²) < 4.78 is 2.33. The topological polar surface area (TPSA) is 25.2 Å². The second kappa shape index (κ2) is 4.33. The van der Waals surface area contributed by atoms with E-state index in [1.54, 1.807) is 0 Å². The van der Waals surface area contributed by atoms with Crippen molar-refractivity contribution in [3.63, 3.8) is 0 Å². The summed E-state index contributed by atoms with van der Waals surface area (Å²) >= 11 is 0. The third-order valence-corrected chi connectivity index (χ3v) is 3.55. The number of amides is 1. The first-order valence-corrected chi connectivity index (χ1v) is 6.28. The average molecular weight is 240 g/mol. The normalized spacial score (nSPS) is 15.2. The van der Waals surface area contributed by atoms with Crippen molar-refractivity contribution in [2.75, 3.05) is 6.54 Å². The highest BCUT2D eigenvalue weighted by molar-refractivity contribution is 5.87. The molecule has 0 N–H and O–H groups in total. The van der Waals surface area contributed by atoms with Crippen LogP contribution in [-0.2, 0) is 17.9 Å². The van der Waals surface area contributed by atoms with Crippen LogP contribution in [0.15, 0.2) is 43.0 Å². The number of carbonyl (C=O) groups is 1. The van der Waals surface area contributed by atoms with E-state index in [0.717, 1.165) is 19.5 Å². The molecule has 0 spiro atoms. The Labute approximate surface area is 106 Å². The van der Waals surface area contributed by atoms with Crippen molar-refractivity contribution in [2.45, 2.75) is 19.5 Å². The fourth-order valence-electron chi connectivity index (χ4n) is 2.67. The third kappa shape index (κ3) is 1.72. The van der Waals surface area contributed by atoms with Gasteiger partial charge < -0.3 is 9.47 Å². The Bertz CT molecular complexity index is 612. The van der Waals surface area contributed by atoms with Crippen LogP contribution >= 0.6 is 0 Å². The molecule has 1 aromatic heterocycles. The van der Waals surface area contributed by atoms with Crippen molar-refractivity contribution >= 4 is 16.8 Å². The summed E-state index contributed by atoms with van der Waals surface area (Å²) in [6.07, 6.45) is 2.39. The van der Waals surface area contributed by atoms with E-state index in [2.05, 4.69) is 41.5 Å². The first kappa shape index (κ1) is 11.1. The first-order chi connectivity index (χ1) is 8.79. The number of aromatic nitrogens is 1. The van der Waals surface area contributed by atoms with Crippen LogP contribution in [0.5, 0.6) is 0 Å². The van der Waals surface area contributed by atoms with E-state index in [4.69, 9.17) is 0 Å². The molecule has 1 aliphatic rings. The molecule has 0 saturated carbocycles. The highest BCUT2D eigenvalue weighted by Crippen LogP contribution is 2.23. The number of fused-ring (bicyclic) bond motifs is 3. The minimum absolute atomic E-state index is 0.0220. The van der Waals surface area contributed by atoms with Crippen LogP contribution in [0.4, 0.5) is 0 Å². The molecule has 1 aliphatic heterocycles. The van der Waals surface area contributed by atoms with Crippen molar-refractivity contribution in [2.24, 2.45) is 0 Å². The van der Waals surface area contributed by atoms with Gasteiger partial charge in [-0.15, -0.1) is 0 Å². The predicted molar refractivity (Wildman–Crippen MR) is 72.2 cm³/mol. The predicted octanol–water partition coefficient (Wildman–Crippen LogP) is 2.56. The van der Waals surface area contributed by atoms with Crippen molar-refractivity contribution < 1.29 is 4.79 Å². The molecule has 92 valence electrons. The lowest BCUT2D eigenvalue weighted by atomic mass is 10.2. The lowest BCUT2D eigenvalue weighted by Gasteiger charge is -2.17. The van der Waals surface area contributed by atoms with Gasteiger partial charge in [0.15, 0.2) is 0 Å². The number of hydrogen-bond donors (Lipinski definition) is 0. The summed E-state index contributed by atoms with van der Waals surface area (Å²) in [6, 6.07) is 10.6. The molecule has 0 bridgehead atoms. The molecule has 0 atom stereocenters. The van der Waals surface area contributed by atoms with Crippen LogP contribution < -0.4 is 0 Å². The minimum Gasteiger partial charge on any atom is -0.343 e. The molecule has 1 aromatic carbocycles. The second-order valence-corrected chi connectivity index (χ2v) is 4.66. The molecule has 3 rings (SSSR count). The lowest BCUT2D eigenvalue weighted by molar-refractivity contribution is -0.126. The Morgan fingerprint density at radius 3 is 2.94 bits per heavy atom. The largest absolute Gasteiger partial charge is 0.343 e. The van der Waals surface area contributed by atoms with Crippen molar-refractivity contribution in [3.8, 4) is 0 Å². The van der Waals surface area contributed by atoms with Gasteiger partial charge in [-0.3, -0.25) is 4.79 Å². The molecule has 18 heavy (non-hydrogen) atoms. The van der Waals surface area contributed by atoms with Crippen LogP contribution in [0, 0.1) is 0 Å². The molecule has 0 unspecified atom stereocenters. The maximum absolute atomic E-state index is 11.7. The molecule has 0 radical (unpaired) electrons. The molecule has 2 aromatic rings. The van der Waals surface area contributed by atoms with Crippen molar-refractivity contribution in [1.82, 2.24) is 9.47 Å². The highest BCUT2D eigenvalue weighted by Gasteiger charge is 2.18. The Morgan fingerprint density at radius 2 is 2.11 bits per heavy atom. The van der Waals surface area contributed by atoms with Gasteiger partial charge in [0, 0.05) is 24.3 Å². The first-order valence-electron chi connectivity index (χ1n) is 6.28. The van der Waals surface area contributed by atoms with Gasteiger partial charge in [-0.05, 0) is 30.0 Å². The Morgan fingerprint density at radius 1 is 1.28 bits per heavy atom. The zero-order chi connectivity index (χ0) is 12.5. The third-order valence-electron chi connectivity index (χ3n) is 3.55. The minimum atomic E-state index is 0.0220. The molecule has 3 heteroatoms. The summed E-state index contributed by atoms with van der Waals surface area (Å²) in [6.45, 7) is 6.03. The van der Waals surface area contributed by atoms with Crippen LogP contribution in [0.25, 0.3) is 10.9 Å². The molecule has 0 aliphatic carbocycles. The van der Waals surface area contributed by atoms with E-state index < -0.39 is 0 Å². The molecule has 2 heterocycles. The van der Waals surface area contributed by atoms with Gasteiger partial charge >= 0.3 is 0 Å². The molecular formula is C15H16N2O. The van der Waals surface area contributed by atoms with Crippen LogP contribution in [0.3, 0.4) is 0 Å². The number of para-hydroxylation sites is 1. The molecule has 1 amide bonds. The van der Waals surface area contributed by atoms with E-state index >= 15 is 0 Å². The van der Waals surface area contributed by atoms with E-state index in [1.165, 1.54) is 22.7 Å². The zero-order valence-corrected chi connectivity index (χ0v) is 10.3. The quantitative estimate of drug-likeness (QED) is 0.703. The number of hydrogen-bond acceptors (Lipinski definition) is 1. The van der Waals surface area contributed by atoms with Crippen molar-refractivity contribution in [1.29, 1.82) is 0 Å². The zero-order valence-electron chi connectivity index (χ0n) is 10.3. The fourth-order valence-corrected chi connectivity index (χ4v) is 2.67. The Kier molecular flexibility index (Phi) is 2.67. The monoisotopic (exact) mass is 240 g/mol. The van der Waals surface area contributed by atoms with Crippen molar-refractivity contribution in [3.05, 3.63) is 48.7 Å². The van der Waals surface area contributed by atoms with Crippen LogP contribution in [0.1, 0.15) is 12.1 Å². The number of nitrogens with zero attached hydrogens (tertiary/aromatic N) is 2. The van der Waals surface area contributed by atoms with Gasteiger partial charge in [0.1, 0.15) is 0 Å². The Balaban J connectivity index is 2.04. The van der Waals surface area contributed by atoms with Crippen LogP contribution in [-0.4, -0.2) is 21.9 Å². The summed E-state index contributed by atoms with van der Waals surface area (Å²) in [5.74, 6) is 0.0220. The maximum Gasteiger partial charge on any atom is 0.246 e. The maximum atomic E-state index is 11.7. The summed E-state index contributed by atoms with van der Waals surface area (Å²) in [7, 11) is 0. The van der Waals surface area contributed by atoms with E-state index in [0.29, 0.717) is 6.54 Å². The molecule has 0 saturated heterocycles. The number of carbonyl (C=O) groups excluding carboxylic acids is 1. The number of rotatable bonds is 1. The standard InChI is InChI=1S/C15H16N2O/c1-2-15(18)16-8-5-9-17-13(11-16)10-12-6-3-4-7-14(12)17/h2-4,6-7,10H,1,5,8-9,11H2. The molecule has 3 nitrogen and oxygen atoms in total. The van der Waals surface area contributed by atoms with Crippen LogP contribution in [0.2, 0.25) is 0 Å². The van der Waals surface area contributed by atoms with E-state index in [9.17, 15) is 4.79 Å². The smallest absolute Gasteiger partial charge is 0.246 e. The highest BCUT2D eigenvalue weighted by atomic mass is 16.2. The average Bonchev–Trinajstić information content (AvgIpc) is 2.61. The molecule has 0 fully saturated rings. The summed E-state index contributed by atoms with van der Waals surface area (Å²) in [5, 5.41) is 1.25. The summed E-state index contributed by atoms with van der Waals surface area (Å²) in [5.41, 5.74) is 2.48. The van der Waals surface area contributed by atoms with E-state index in [1.807, 2.05) is 4.90 Å². The summed E-state index contributed by atoms with van der Waals surface area (Å²) in [4.78, 5) is 13.6. The van der Waals surface area contributed by atoms with Gasteiger partial charge in [0.25, 0.3) is 0 Å². The van der Waals surface area contributed by atoms with Gasteiger partial charge in [0.05, 0.1) is 6.54 Å². The van der Waals surface area contributed by atoms with Gasteiger partial charge in [-0.1, -0.05) is 24.8 Å². The van der Waals surface area contributed by atoms with Gasteiger partial charge in [0.2, 0.25) is 5.91 Å².